The van der Waals surface area contributed by atoms with Gasteiger partial charge in [0, 0.05) is 22.2 Å². The summed E-state index contributed by atoms with van der Waals surface area (Å²) in [5.41, 5.74) is 4.70. The lowest BCUT2D eigenvalue weighted by Gasteiger charge is -2.11. The molecule has 0 fully saturated rings. The van der Waals surface area contributed by atoms with Crippen molar-refractivity contribution in [3.8, 4) is 0 Å². The van der Waals surface area contributed by atoms with Crippen LogP contribution in [0.5, 0.6) is 0 Å². The lowest BCUT2D eigenvalue weighted by Crippen LogP contribution is -2.15. The molecule has 0 atom stereocenters. The lowest BCUT2D eigenvalue weighted by atomic mass is 10.0. The predicted molar refractivity (Wildman–Crippen MR) is 97.8 cm³/mol. The number of pyridine rings is 1. The number of aromatic amines is 1. The zero-order valence-corrected chi connectivity index (χ0v) is 14.1. The minimum atomic E-state index is -0.156. The van der Waals surface area contributed by atoms with E-state index in [4.69, 9.17) is 0 Å². The van der Waals surface area contributed by atoms with Gasteiger partial charge in [0.2, 0.25) is 0 Å². The highest BCUT2D eigenvalue weighted by molar-refractivity contribution is 6.06. The SMILES string of the molecule is CCc1c(C)c2ccc(NC(=O)c3ccccc3C)cc2[nH]c1=O. The summed E-state index contributed by atoms with van der Waals surface area (Å²) in [5.74, 6) is -0.156. The Balaban J connectivity index is 1.99. The summed E-state index contributed by atoms with van der Waals surface area (Å²) in [6.07, 6.45) is 0.697. The van der Waals surface area contributed by atoms with E-state index in [9.17, 15) is 9.59 Å². The molecule has 4 heteroatoms. The number of aromatic nitrogens is 1. The number of hydrogen-bond acceptors (Lipinski definition) is 2. The second-order valence-electron chi connectivity index (χ2n) is 5.94. The highest BCUT2D eigenvalue weighted by Crippen LogP contribution is 2.22. The van der Waals surface area contributed by atoms with Crippen LogP contribution in [0.3, 0.4) is 0 Å². The first-order valence-electron chi connectivity index (χ1n) is 8.03. The average molecular weight is 320 g/mol. The Morgan fingerprint density at radius 1 is 1.12 bits per heavy atom. The third-order valence-corrected chi connectivity index (χ3v) is 4.40. The fourth-order valence-electron chi connectivity index (χ4n) is 3.03. The largest absolute Gasteiger partial charge is 0.322 e. The highest BCUT2D eigenvalue weighted by atomic mass is 16.1. The Morgan fingerprint density at radius 3 is 2.58 bits per heavy atom. The van der Waals surface area contributed by atoms with E-state index >= 15 is 0 Å². The Kier molecular flexibility index (Phi) is 4.21. The van der Waals surface area contributed by atoms with Crippen LogP contribution >= 0.6 is 0 Å². The van der Waals surface area contributed by atoms with Gasteiger partial charge in [-0.1, -0.05) is 31.2 Å². The third-order valence-electron chi connectivity index (χ3n) is 4.40. The van der Waals surface area contributed by atoms with Gasteiger partial charge < -0.3 is 10.3 Å². The number of nitrogens with one attached hydrogen (secondary N) is 2. The fourth-order valence-corrected chi connectivity index (χ4v) is 3.03. The molecule has 0 aliphatic heterocycles. The van der Waals surface area contributed by atoms with Crippen LogP contribution in [0.15, 0.2) is 47.3 Å². The maximum atomic E-state index is 12.4. The van der Waals surface area contributed by atoms with Crippen LogP contribution < -0.4 is 10.9 Å². The average Bonchev–Trinajstić information content (AvgIpc) is 2.55. The van der Waals surface area contributed by atoms with Gasteiger partial charge in [0.25, 0.3) is 11.5 Å². The van der Waals surface area contributed by atoms with Crippen molar-refractivity contribution in [1.29, 1.82) is 0 Å². The molecule has 0 aliphatic carbocycles. The summed E-state index contributed by atoms with van der Waals surface area (Å²) in [7, 11) is 0. The molecule has 1 aromatic heterocycles. The number of benzene rings is 2. The van der Waals surface area contributed by atoms with Gasteiger partial charge in [-0.2, -0.15) is 0 Å². The minimum absolute atomic E-state index is 0.0649. The molecule has 0 bridgehead atoms. The first-order valence-corrected chi connectivity index (χ1v) is 8.03. The van der Waals surface area contributed by atoms with Crippen molar-refractivity contribution >= 4 is 22.5 Å². The Morgan fingerprint density at radius 2 is 1.88 bits per heavy atom. The van der Waals surface area contributed by atoms with E-state index in [1.54, 1.807) is 12.1 Å². The van der Waals surface area contributed by atoms with Gasteiger partial charge >= 0.3 is 0 Å². The molecule has 3 rings (SSSR count). The number of rotatable bonds is 3. The number of hydrogen-bond donors (Lipinski definition) is 2. The zero-order chi connectivity index (χ0) is 17.3. The summed E-state index contributed by atoms with van der Waals surface area (Å²) >= 11 is 0. The molecule has 0 unspecified atom stereocenters. The Hall–Kier alpha value is -2.88. The van der Waals surface area contributed by atoms with E-state index in [2.05, 4.69) is 10.3 Å². The van der Waals surface area contributed by atoms with E-state index in [1.165, 1.54) is 0 Å². The first kappa shape index (κ1) is 16.0. The second-order valence-corrected chi connectivity index (χ2v) is 5.94. The Labute approximate surface area is 140 Å². The van der Waals surface area contributed by atoms with Crippen LogP contribution in [-0.2, 0) is 6.42 Å². The molecule has 2 N–H and O–H groups in total. The smallest absolute Gasteiger partial charge is 0.255 e. The quantitative estimate of drug-likeness (QED) is 0.767. The minimum Gasteiger partial charge on any atom is -0.322 e. The van der Waals surface area contributed by atoms with Gasteiger partial charge in [0.1, 0.15) is 0 Å². The van der Waals surface area contributed by atoms with Gasteiger partial charge in [-0.25, -0.2) is 0 Å². The summed E-state index contributed by atoms with van der Waals surface area (Å²) in [4.78, 5) is 27.5. The van der Waals surface area contributed by atoms with Crippen LogP contribution in [0.4, 0.5) is 5.69 Å². The van der Waals surface area contributed by atoms with Crippen LogP contribution in [0.25, 0.3) is 10.9 Å². The van der Waals surface area contributed by atoms with Gasteiger partial charge in [0.05, 0.1) is 5.52 Å². The zero-order valence-electron chi connectivity index (χ0n) is 14.1. The molecule has 0 saturated carbocycles. The number of carbonyl (C=O) groups excluding carboxylic acids is 1. The summed E-state index contributed by atoms with van der Waals surface area (Å²) in [6, 6.07) is 13.1. The molecule has 0 saturated heterocycles. The van der Waals surface area contributed by atoms with Crippen molar-refractivity contribution in [3.63, 3.8) is 0 Å². The number of aryl methyl sites for hydroxylation is 2. The monoisotopic (exact) mass is 320 g/mol. The van der Waals surface area contributed by atoms with Crippen molar-refractivity contribution in [3.05, 3.63) is 75.1 Å². The van der Waals surface area contributed by atoms with E-state index in [0.717, 1.165) is 27.6 Å². The van der Waals surface area contributed by atoms with E-state index in [1.807, 2.05) is 51.1 Å². The van der Waals surface area contributed by atoms with Gasteiger partial charge in [-0.15, -0.1) is 0 Å². The fraction of sp³-hybridized carbons (Fsp3) is 0.200. The third kappa shape index (κ3) is 2.83. The predicted octanol–water partition coefficient (Wildman–Crippen LogP) is 3.96. The van der Waals surface area contributed by atoms with Crippen molar-refractivity contribution in [1.82, 2.24) is 4.98 Å². The molecule has 0 spiro atoms. The molecule has 1 amide bonds. The molecule has 0 aliphatic rings. The molecule has 0 radical (unpaired) electrons. The van der Waals surface area contributed by atoms with Crippen LogP contribution in [0.1, 0.15) is 34.0 Å². The summed E-state index contributed by atoms with van der Waals surface area (Å²) < 4.78 is 0. The number of H-pyrrole nitrogens is 1. The standard InChI is InChI=1S/C20H20N2O2/c1-4-15-13(3)17-10-9-14(11-18(17)22-19(15)23)21-20(24)16-8-6-5-7-12(16)2/h5-11H,4H2,1-3H3,(H,21,24)(H,22,23). The maximum absolute atomic E-state index is 12.4. The molecule has 3 aromatic rings. The highest BCUT2D eigenvalue weighted by Gasteiger charge is 2.11. The molecule has 4 nitrogen and oxygen atoms in total. The molecule has 1 heterocycles. The first-order chi connectivity index (χ1) is 11.5. The number of amides is 1. The molecule has 122 valence electrons. The van der Waals surface area contributed by atoms with E-state index in [0.29, 0.717) is 17.7 Å². The molecular weight excluding hydrogens is 300 g/mol. The van der Waals surface area contributed by atoms with Gasteiger partial charge in [0.15, 0.2) is 0 Å². The van der Waals surface area contributed by atoms with Crippen LogP contribution in [0.2, 0.25) is 0 Å². The van der Waals surface area contributed by atoms with E-state index < -0.39 is 0 Å². The second kappa shape index (κ2) is 6.32. The van der Waals surface area contributed by atoms with Crippen molar-refractivity contribution < 1.29 is 4.79 Å². The van der Waals surface area contributed by atoms with Crippen molar-refractivity contribution in [2.45, 2.75) is 27.2 Å². The van der Waals surface area contributed by atoms with Crippen molar-refractivity contribution in [2.75, 3.05) is 5.32 Å². The number of carbonyl (C=O) groups is 1. The lowest BCUT2D eigenvalue weighted by molar-refractivity contribution is 0.102. The van der Waals surface area contributed by atoms with Crippen LogP contribution in [-0.4, -0.2) is 10.9 Å². The molecule has 2 aromatic carbocycles. The van der Waals surface area contributed by atoms with Gasteiger partial charge in [-0.3, -0.25) is 9.59 Å². The van der Waals surface area contributed by atoms with Crippen molar-refractivity contribution in [2.24, 2.45) is 0 Å². The molecular formula is C20H20N2O2. The molecule has 24 heavy (non-hydrogen) atoms. The topological polar surface area (TPSA) is 62.0 Å². The summed E-state index contributed by atoms with van der Waals surface area (Å²) in [5, 5.41) is 3.90. The number of fused-ring (bicyclic) bond motifs is 1. The number of anilines is 1. The Bertz CT molecular complexity index is 987. The van der Waals surface area contributed by atoms with Crippen LogP contribution in [0, 0.1) is 13.8 Å². The summed E-state index contributed by atoms with van der Waals surface area (Å²) in [6.45, 7) is 5.84. The van der Waals surface area contributed by atoms with E-state index in [-0.39, 0.29) is 11.5 Å². The maximum Gasteiger partial charge on any atom is 0.255 e. The van der Waals surface area contributed by atoms with Gasteiger partial charge in [-0.05, 0) is 49.6 Å². The normalized spacial score (nSPS) is 10.8.